The van der Waals surface area contributed by atoms with E-state index in [4.69, 9.17) is 11.6 Å². The van der Waals surface area contributed by atoms with E-state index in [1.165, 1.54) is 23.1 Å². The monoisotopic (exact) mass is 367 g/mol. The third-order valence-corrected chi connectivity index (χ3v) is 4.06. The largest absolute Gasteiger partial charge is 0.288 e. The highest BCUT2D eigenvalue weighted by Gasteiger charge is 2.22. The van der Waals surface area contributed by atoms with E-state index in [2.05, 4.69) is 4.98 Å². The van der Waals surface area contributed by atoms with Gasteiger partial charge >= 0.3 is 0 Å². The summed E-state index contributed by atoms with van der Waals surface area (Å²) in [4.78, 5) is 29.3. The zero-order chi connectivity index (χ0) is 18.5. The van der Waals surface area contributed by atoms with Gasteiger partial charge in [-0.15, -0.1) is 0 Å². The topological polar surface area (TPSA) is 76.3 Å². The summed E-state index contributed by atoms with van der Waals surface area (Å²) in [5, 5.41) is 11.1. The van der Waals surface area contributed by atoms with Crippen molar-refractivity contribution in [1.29, 1.82) is 0 Å². The zero-order valence-electron chi connectivity index (χ0n) is 13.6. The summed E-state index contributed by atoms with van der Waals surface area (Å²) in [6, 6.07) is 18.7. The zero-order valence-corrected chi connectivity index (χ0v) is 14.3. The van der Waals surface area contributed by atoms with E-state index in [-0.39, 0.29) is 22.8 Å². The first kappa shape index (κ1) is 17.6. The Balaban J connectivity index is 2.00. The predicted octanol–water partition coefficient (Wildman–Crippen LogP) is 4.49. The van der Waals surface area contributed by atoms with Crippen LogP contribution >= 0.6 is 11.6 Å². The van der Waals surface area contributed by atoms with Gasteiger partial charge in [0.1, 0.15) is 10.8 Å². The number of carbonyl (C=O) groups excluding carboxylic acids is 1. The Morgan fingerprint density at radius 3 is 2.46 bits per heavy atom. The van der Waals surface area contributed by atoms with Crippen LogP contribution in [-0.4, -0.2) is 15.8 Å². The van der Waals surface area contributed by atoms with Crippen LogP contribution in [0.3, 0.4) is 0 Å². The molecule has 0 saturated heterocycles. The molecule has 1 heterocycles. The number of hydrogen-bond donors (Lipinski definition) is 0. The van der Waals surface area contributed by atoms with E-state index >= 15 is 0 Å². The van der Waals surface area contributed by atoms with Crippen LogP contribution in [0.15, 0.2) is 72.9 Å². The lowest BCUT2D eigenvalue weighted by Gasteiger charge is -2.22. The third kappa shape index (κ3) is 3.87. The number of pyridine rings is 1. The van der Waals surface area contributed by atoms with Crippen LogP contribution in [0.1, 0.15) is 15.9 Å². The number of benzene rings is 2. The normalized spacial score (nSPS) is 10.3. The van der Waals surface area contributed by atoms with Crippen LogP contribution in [0.5, 0.6) is 0 Å². The highest BCUT2D eigenvalue weighted by atomic mass is 35.5. The van der Waals surface area contributed by atoms with Crippen molar-refractivity contribution in [3.63, 3.8) is 0 Å². The maximum absolute atomic E-state index is 13.1. The minimum absolute atomic E-state index is 0.0148. The van der Waals surface area contributed by atoms with Crippen LogP contribution < -0.4 is 4.90 Å². The summed E-state index contributed by atoms with van der Waals surface area (Å²) in [7, 11) is 0. The van der Waals surface area contributed by atoms with Crippen LogP contribution in [0.4, 0.5) is 11.5 Å². The number of nitro groups is 1. The van der Waals surface area contributed by atoms with Gasteiger partial charge in [0, 0.05) is 17.8 Å². The van der Waals surface area contributed by atoms with Gasteiger partial charge in [0.05, 0.1) is 11.5 Å². The summed E-state index contributed by atoms with van der Waals surface area (Å²) in [6.07, 6.45) is 1.59. The maximum Gasteiger partial charge on any atom is 0.288 e. The van der Waals surface area contributed by atoms with Crippen LogP contribution in [0, 0.1) is 10.1 Å². The summed E-state index contributed by atoms with van der Waals surface area (Å²) >= 11 is 5.84. The van der Waals surface area contributed by atoms with Crippen molar-refractivity contribution in [3.05, 3.63) is 99.2 Å². The number of halogens is 1. The first-order valence-corrected chi connectivity index (χ1v) is 8.15. The smallest absolute Gasteiger partial charge is 0.288 e. The molecular weight excluding hydrogens is 354 g/mol. The van der Waals surface area contributed by atoms with Crippen LogP contribution in [-0.2, 0) is 6.54 Å². The second-order valence-corrected chi connectivity index (χ2v) is 5.90. The molecule has 0 aliphatic heterocycles. The van der Waals surface area contributed by atoms with Gasteiger partial charge in [-0.2, -0.15) is 0 Å². The van der Waals surface area contributed by atoms with Crippen molar-refractivity contribution in [2.45, 2.75) is 6.54 Å². The molecule has 0 spiro atoms. The molecule has 0 aliphatic carbocycles. The number of rotatable bonds is 5. The molecule has 0 N–H and O–H groups in total. The molecule has 0 radical (unpaired) electrons. The number of anilines is 1. The molecule has 0 unspecified atom stereocenters. The lowest BCUT2D eigenvalue weighted by Crippen LogP contribution is -2.31. The molecular formula is C19H14ClN3O3. The molecule has 3 rings (SSSR count). The molecule has 0 bridgehead atoms. The number of nitrogens with zero attached hydrogens (tertiary/aromatic N) is 3. The molecule has 3 aromatic rings. The van der Waals surface area contributed by atoms with Crippen molar-refractivity contribution < 1.29 is 9.72 Å². The van der Waals surface area contributed by atoms with Crippen molar-refractivity contribution in [1.82, 2.24) is 4.98 Å². The second kappa shape index (κ2) is 7.76. The van der Waals surface area contributed by atoms with Crippen molar-refractivity contribution in [2.75, 3.05) is 4.90 Å². The first-order valence-electron chi connectivity index (χ1n) is 7.77. The quantitative estimate of drug-likeness (QED) is 0.491. The highest BCUT2D eigenvalue weighted by molar-refractivity contribution is 6.32. The Morgan fingerprint density at radius 2 is 1.81 bits per heavy atom. The van der Waals surface area contributed by atoms with Gasteiger partial charge in [0.2, 0.25) is 0 Å². The van der Waals surface area contributed by atoms with Gasteiger partial charge in [-0.25, -0.2) is 4.98 Å². The maximum atomic E-state index is 13.1. The summed E-state index contributed by atoms with van der Waals surface area (Å²) < 4.78 is 0. The van der Waals surface area contributed by atoms with Crippen LogP contribution in [0.2, 0.25) is 5.02 Å². The van der Waals surface area contributed by atoms with Gasteiger partial charge in [-0.1, -0.05) is 48.0 Å². The summed E-state index contributed by atoms with van der Waals surface area (Å²) in [5.41, 5.74) is 0.774. The molecule has 6 nitrogen and oxygen atoms in total. The van der Waals surface area contributed by atoms with Crippen molar-refractivity contribution in [2.24, 2.45) is 0 Å². The number of hydrogen-bond acceptors (Lipinski definition) is 4. The highest BCUT2D eigenvalue weighted by Crippen LogP contribution is 2.27. The van der Waals surface area contributed by atoms with E-state index < -0.39 is 10.8 Å². The van der Waals surface area contributed by atoms with Crippen molar-refractivity contribution >= 4 is 29.0 Å². The molecule has 2 aromatic carbocycles. The van der Waals surface area contributed by atoms with E-state index in [1.54, 1.807) is 24.4 Å². The van der Waals surface area contributed by atoms with Crippen molar-refractivity contribution in [3.8, 4) is 0 Å². The minimum Gasteiger partial charge on any atom is -0.288 e. The molecule has 130 valence electrons. The van der Waals surface area contributed by atoms with Gasteiger partial charge in [-0.05, 0) is 29.8 Å². The SMILES string of the molecule is O=C(c1ccc(Cl)c([N+](=O)[O-])c1)N(Cc1ccccc1)c1ccccn1. The number of aromatic nitrogens is 1. The van der Waals surface area contributed by atoms with Gasteiger partial charge in [0.15, 0.2) is 0 Å². The fourth-order valence-electron chi connectivity index (χ4n) is 2.48. The van der Waals surface area contributed by atoms with E-state index in [1.807, 2.05) is 30.3 Å². The molecule has 1 aromatic heterocycles. The van der Waals surface area contributed by atoms with Gasteiger partial charge in [0.25, 0.3) is 11.6 Å². The molecule has 0 atom stereocenters. The minimum atomic E-state index is -0.610. The molecule has 7 heteroatoms. The lowest BCUT2D eigenvalue weighted by atomic mass is 10.1. The first-order chi connectivity index (χ1) is 12.6. The average Bonchev–Trinajstić information content (AvgIpc) is 2.67. The Kier molecular flexibility index (Phi) is 5.24. The van der Waals surface area contributed by atoms with Gasteiger partial charge in [-0.3, -0.25) is 19.8 Å². The predicted molar refractivity (Wildman–Crippen MR) is 99.3 cm³/mol. The Morgan fingerprint density at radius 1 is 1.08 bits per heavy atom. The fraction of sp³-hybridized carbons (Fsp3) is 0.0526. The Labute approximate surface area is 154 Å². The Hall–Kier alpha value is -3.25. The fourth-order valence-corrected chi connectivity index (χ4v) is 2.66. The van der Waals surface area contributed by atoms with Crippen LogP contribution in [0.25, 0.3) is 0 Å². The average molecular weight is 368 g/mol. The van der Waals surface area contributed by atoms with E-state index in [0.717, 1.165) is 5.56 Å². The molecule has 0 saturated carbocycles. The number of amides is 1. The van der Waals surface area contributed by atoms with E-state index in [0.29, 0.717) is 5.82 Å². The lowest BCUT2D eigenvalue weighted by molar-refractivity contribution is -0.384. The Bertz CT molecular complexity index is 933. The van der Waals surface area contributed by atoms with E-state index in [9.17, 15) is 14.9 Å². The molecule has 0 aliphatic rings. The molecule has 0 fully saturated rings. The standard InChI is InChI=1S/C19H14ClN3O3/c20-16-10-9-15(12-17(16)23(25)26)19(24)22(18-8-4-5-11-21-18)13-14-6-2-1-3-7-14/h1-12H,13H2. The third-order valence-electron chi connectivity index (χ3n) is 3.74. The summed E-state index contributed by atoms with van der Waals surface area (Å²) in [6.45, 7) is 0.285. The molecule has 1 amide bonds. The summed E-state index contributed by atoms with van der Waals surface area (Å²) in [5.74, 6) is 0.0614. The molecule has 26 heavy (non-hydrogen) atoms. The second-order valence-electron chi connectivity index (χ2n) is 5.49. The number of carbonyl (C=O) groups is 1. The van der Waals surface area contributed by atoms with Gasteiger partial charge < -0.3 is 0 Å². The number of nitro benzene ring substituents is 1.